The van der Waals surface area contributed by atoms with Crippen LogP contribution in [0.25, 0.3) is 0 Å². The van der Waals surface area contributed by atoms with E-state index in [2.05, 4.69) is 9.97 Å². The third-order valence-corrected chi connectivity index (χ3v) is 6.41. The summed E-state index contributed by atoms with van der Waals surface area (Å²) in [4.78, 5) is 23.1. The number of hydrogen-bond donors (Lipinski definition) is 0. The molecular formula is C17H22N6O4S. The summed E-state index contributed by atoms with van der Waals surface area (Å²) in [5.74, 6) is 1.37. The van der Waals surface area contributed by atoms with Crippen molar-refractivity contribution in [2.24, 2.45) is 0 Å². The number of piperazine rings is 1. The van der Waals surface area contributed by atoms with Gasteiger partial charge in [0.15, 0.2) is 0 Å². The molecule has 10 nitrogen and oxygen atoms in total. The maximum Gasteiger partial charge on any atom is 0.269 e. The van der Waals surface area contributed by atoms with Crippen molar-refractivity contribution >= 4 is 27.5 Å². The summed E-state index contributed by atoms with van der Waals surface area (Å²) in [7, 11) is 0.101. The molecule has 0 spiro atoms. The largest absolute Gasteiger partial charge is 0.363 e. The van der Waals surface area contributed by atoms with Crippen LogP contribution in [0.4, 0.5) is 17.5 Å². The number of anilines is 2. The van der Waals surface area contributed by atoms with Crippen LogP contribution in [0.3, 0.4) is 0 Å². The number of non-ortho nitro benzene ring substituents is 1. The molecule has 0 N–H and O–H groups in total. The number of rotatable bonds is 5. The van der Waals surface area contributed by atoms with Crippen LogP contribution in [0.2, 0.25) is 0 Å². The summed E-state index contributed by atoms with van der Waals surface area (Å²) < 4.78 is 27.0. The van der Waals surface area contributed by atoms with Crippen LogP contribution in [0, 0.1) is 17.0 Å². The highest BCUT2D eigenvalue weighted by Crippen LogP contribution is 2.22. The molecule has 11 heteroatoms. The van der Waals surface area contributed by atoms with Crippen LogP contribution in [-0.4, -0.2) is 67.9 Å². The van der Waals surface area contributed by atoms with Crippen molar-refractivity contribution in [2.75, 3.05) is 50.1 Å². The maximum atomic E-state index is 12.8. The summed E-state index contributed by atoms with van der Waals surface area (Å²) in [6.07, 6.45) is 0. The predicted octanol–water partition coefficient (Wildman–Crippen LogP) is 1.27. The van der Waals surface area contributed by atoms with E-state index in [-0.39, 0.29) is 23.7 Å². The zero-order chi connectivity index (χ0) is 20.5. The zero-order valence-electron chi connectivity index (χ0n) is 15.9. The summed E-state index contributed by atoms with van der Waals surface area (Å²) in [6, 6.07) is 6.83. The average Bonchev–Trinajstić information content (AvgIpc) is 2.67. The first-order valence-corrected chi connectivity index (χ1v) is 10.1. The van der Waals surface area contributed by atoms with Crippen molar-refractivity contribution in [1.82, 2.24) is 14.3 Å². The lowest BCUT2D eigenvalue weighted by Crippen LogP contribution is -2.49. The first-order valence-electron chi connectivity index (χ1n) is 8.71. The fraction of sp³-hybridized carbons (Fsp3) is 0.412. The molecule has 2 heterocycles. The molecule has 1 fully saturated rings. The number of hydrogen-bond acceptors (Lipinski definition) is 8. The van der Waals surface area contributed by atoms with E-state index < -0.39 is 14.9 Å². The molecule has 150 valence electrons. The number of sulfonamides is 1. The molecule has 0 aliphatic carbocycles. The van der Waals surface area contributed by atoms with E-state index in [0.717, 1.165) is 11.5 Å². The molecule has 0 unspecified atom stereocenters. The number of aromatic nitrogens is 2. The Bertz CT molecular complexity index is 970. The zero-order valence-corrected chi connectivity index (χ0v) is 16.8. The van der Waals surface area contributed by atoms with Gasteiger partial charge in [0.2, 0.25) is 16.0 Å². The topological polar surface area (TPSA) is 113 Å². The normalized spacial score (nSPS) is 15.5. The minimum absolute atomic E-state index is 0.0493. The second-order valence-electron chi connectivity index (χ2n) is 6.70. The van der Waals surface area contributed by atoms with Gasteiger partial charge in [-0.25, -0.2) is 13.4 Å². The van der Waals surface area contributed by atoms with Gasteiger partial charge >= 0.3 is 0 Å². The lowest BCUT2D eigenvalue weighted by molar-refractivity contribution is -0.384. The van der Waals surface area contributed by atoms with E-state index in [1.54, 1.807) is 0 Å². The van der Waals surface area contributed by atoms with E-state index >= 15 is 0 Å². The van der Waals surface area contributed by atoms with Gasteiger partial charge in [0.05, 0.1) is 9.82 Å². The Morgan fingerprint density at radius 1 is 1.07 bits per heavy atom. The molecule has 28 heavy (non-hydrogen) atoms. The third kappa shape index (κ3) is 4.04. The number of nitro groups is 1. The molecule has 1 aliphatic heterocycles. The van der Waals surface area contributed by atoms with Crippen molar-refractivity contribution in [3.8, 4) is 0 Å². The Labute approximate surface area is 163 Å². The van der Waals surface area contributed by atoms with Crippen LogP contribution < -0.4 is 9.80 Å². The van der Waals surface area contributed by atoms with Gasteiger partial charge in [0.25, 0.3) is 5.69 Å². The molecule has 1 aliphatic rings. The second kappa shape index (κ2) is 7.68. The molecule has 1 saturated heterocycles. The highest BCUT2D eigenvalue weighted by molar-refractivity contribution is 7.89. The van der Waals surface area contributed by atoms with Gasteiger partial charge in [0.1, 0.15) is 5.82 Å². The predicted molar refractivity (Wildman–Crippen MR) is 105 cm³/mol. The molecule has 0 radical (unpaired) electrons. The SMILES string of the molecule is Cc1cc(N(C)C)nc(N2CCN(S(=O)(=O)c3ccc([N+](=O)[O-])cc3)CC2)n1. The summed E-state index contributed by atoms with van der Waals surface area (Å²) >= 11 is 0. The average molecular weight is 406 g/mol. The van der Waals surface area contributed by atoms with Crippen molar-refractivity contribution in [1.29, 1.82) is 0 Å². The first-order chi connectivity index (χ1) is 13.2. The van der Waals surface area contributed by atoms with Crippen molar-refractivity contribution in [2.45, 2.75) is 11.8 Å². The lowest BCUT2D eigenvalue weighted by atomic mass is 10.3. The minimum atomic E-state index is -3.70. The van der Waals surface area contributed by atoms with Gasteiger partial charge in [-0.1, -0.05) is 0 Å². The van der Waals surface area contributed by atoms with E-state index in [1.807, 2.05) is 36.9 Å². The first kappa shape index (κ1) is 20.0. The van der Waals surface area contributed by atoms with Crippen LogP contribution in [-0.2, 0) is 10.0 Å². The van der Waals surface area contributed by atoms with Crippen LogP contribution in [0.15, 0.2) is 35.2 Å². The standard InChI is InChI=1S/C17H22N6O4S/c1-13-12-16(20(2)3)19-17(18-13)21-8-10-22(11-9-21)28(26,27)15-6-4-14(5-7-15)23(24)25/h4-7,12H,8-11H2,1-3H3. The molecule has 3 rings (SSSR count). The number of nitro benzene ring substituents is 1. The quantitative estimate of drug-likeness (QED) is 0.539. The maximum absolute atomic E-state index is 12.8. The van der Waals surface area contributed by atoms with Gasteiger partial charge < -0.3 is 9.80 Å². The highest BCUT2D eigenvalue weighted by atomic mass is 32.2. The fourth-order valence-corrected chi connectivity index (χ4v) is 4.35. The molecular weight excluding hydrogens is 384 g/mol. The molecule has 0 amide bonds. The Hall–Kier alpha value is -2.79. The van der Waals surface area contributed by atoms with Crippen molar-refractivity contribution in [3.63, 3.8) is 0 Å². The highest BCUT2D eigenvalue weighted by Gasteiger charge is 2.29. The van der Waals surface area contributed by atoms with Crippen LogP contribution in [0.5, 0.6) is 0 Å². The van der Waals surface area contributed by atoms with Gasteiger partial charge in [-0.2, -0.15) is 9.29 Å². The van der Waals surface area contributed by atoms with Crippen LogP contribution in [0.1, 0.15) is 5.69 Å². The Morgan fingerprint density at radius 2 is 1.68 bits per heavy atom. The third-order valence-electron chi connectivity index (χ3n) is 4.49. The monoisotopic (exact) mass is 406 g/mol. The van der Waals surface area contributed by atoms with E-state index in [4.69, 9.17) is 0 Å². The van der Waals surface area contributed by atoms with E-state index in [0.29, 0.717) is 19.0 Å². The van der Waals surface area contributed by atoms with Crippen molar-refractivity contribution in [3.05, 3.63) is 46.1 Å². The molecule has 0 bridgehead atoms. The van der Waals surface area contributed by atoms with Crippen LogP contribution >= 0.6 is 0 Å². The van der Waals surface area contributed by atoms with Gasteiger partial charge in [0, 0.05) is 64.2 Å². The van der Waals surface area contributed by atoms with Gasteiger partial charge in [-0.15, -0.1) is 0 Å². The molecule has 2 aromatic rings. The van der Waals surface area contributed by atoms with Gasteiger partial charge in [-0.05, 0) is 19.1 Å². The molecule has 0 atom stereocenters. The Kier molecular flexibility index (Phi) is 5.47. The second-order valence-corrected chi connectivity index (χ2v) is 8.64. The smallest absolute Gasteiger partial charge is 0.269 e. The van der Waals surface area contributed by atoms with E-state index in [9.17, 15) is 18.5 Å². The minimum Gasteiger partial charge on any atom is -0.363 e. The molecule has 1 aromatic carbocycles. The summed E-state index contributed by atoms with van der Waals surface area (Å²) in [5.41, 5.74) is 0.701. The number of nitrogens with zero attached hydrogens (tertiary/aromatic N) is 6. The van der Waals surface area contributed by atoms with Gasteiger partial charge in [-0.3, -0.25) is 10.1 Å². The molecule has 0 saturated carbocycles. The summed E-state index contributed by atoms with van der Waals surface area (Å²) in [5, 5.41) is 10.7. The lowest BCUT2D eigenvalue weighted by Gasteiger charge is -2.34. The molecule has 1 aromatic heterocycles. The fourth-order valence-electron chi connectivity index (χ4n) is 2.92. The Morgan fingerprint density at radius 3 is 2.21 bits per heavy atom. The number of benzene rings is 1. The Balaban J connectivity index is 1.73. The van der Waals surface area contributed by atoms with Crippen molar-refractivity contribution < 1.29 is 13.3 Å². The summed E-state index contributed by atoms with van der Waals surface area (Å²) in [6.45, 7) is 3.39. The number of aryl methyl sites for hydroxylation is 1. The van der Waals surface area contributed by atoms with E-state index in [1.165, 1.54) is 28.6 Å².